The Morgan fingerprint density at radius 2 is 0.506 bits per heavy atom. The molecule has 0 aliphatic carbocycles. The third kappa shape index (κ3) is 62.8. The molecule has 0 bridgehead atoms. The molecule has 6 heteroatoms. The highest BCUT2D eigenvalue weighted by atomic mass is 16.6. The third-order valence-corrected chi connectivity index (χ3v) is 13.8. The topological polar surface area (TPSA) is 78.9 Å². The zero-order valence-corrected chi connectivity index (χ0v) is 50.4. The molecule has 0 aliphatic rings. The van der Waals surface area contributed by atoms with Crippen LogP contribution in [0.2, 0.25) is 0 Å². The van der Waals surface area contributed by atoms with Gasteiger partial charge in [0.2, 0.25) is 0 Å². The van der Waals surface area contributed by atoms with Crippen LogP contribution in [-0.2, 0) is 28.6 Å². The molecule has 0 amide bonds. The summed E-state index contributed by atoms with van der Waals surface area (Å²) in [6, 6.07) is 0. The number of rotatable bonds is 58. The Hall–Kier alpha value is -3.93. The Labute approximate surface area is 476 Å². The van der Waals surface area contributed by atoms with E-state index in [0.717, 1.165) is 135 Å². The quantitative estimate of drug-likeness (QED) is 0.0261. The molecule has 0 rings (SSSR count). The van der Waals surface area contributed by atoms with Gasteiger partial charge in [0.1, 0.15) is 13.2 Å². The van der Waals surface area contributed by atoms with Crippen molar-refractivity contribution < 1.29 is 28.6 Å². The van der Waals surface area contributed by atoms with E-state index in [1.807, 2.05) is 0 Å². The lowest BCUT2D eigenvalue weighted by Gasteiger charge is -2.18. The maximum absolute atomic E-state index is 12.8. The van der Waals surface area contributed by atoms with Gasteiger partial charge in [-0.05, 0) is 89.9 Å². The molecule has 77 heavy (non-hydrogen) atoms. The molecule has 0 aromatic carbocycles. The zero-order chi connectivity index (χ0) is 55.7. The van der Waals surface area contributed by atoms with Crippen molar-refractivity contribution in [2.45, 2.75) is 309 Å². The van der Waals surface area contributed by atoms with Crippen LogP contribution in [0.25, 0.3) is 0 Å². The number of hydrogen-bond donors (Lipinski definition) is 0. The molecule has 0 aliphatic heterocycles. The first-order chi connectivity index (χ1) is 38.0. The molecule has 0 fully saturated rings. The highest BCUT2D eigenvalue weighted by molar-refractivity contribution is 5.71. The summed E-state index contributed by atoms with van der Waals surface area (Å²) >= 11 is 0. The van der Waals surface area contributed by atoms with E-state index >= 15 is 0 Å². The Morgan fingerprint density at radius 3 is 0.792 bits per heavy atom. The lowest BCUT2D eigenvalue weighted by molar-refractivity contribution is -0.167. The maximum atomic E-state index is 12.8. The molecular weight excluding hydrogens is 949 g/mol. The SMILES string of the molecule is CC/C=C\C/C=C\C/C=C\C/C=C\C/C=C\C/C=C\C/C=C\C/C=C\C/C=C\CCCCCCCC(=O)OCC(COC(=O)CCCCCCCC)OC(=O)CCCCCCCCCCCCCCCCCCCCCC. The van der Waals surface area contributed by atoms with Crippen molar-refractivity contribution in [3.8, 4) is 0 Å². The number of carbonyl (C=O) groups excluding carboxylic acids is 3. The molecule has 0 aromatic heterocycles. The van der Waals surface area contributed by atoms with E-state index in [0.29, 0.717) is 19.3 Å². The predicted molar refractivity (Wildman–Crippen MR) is 334 cm³/mol. The summed E-state index contributed by atoms with van der Waals surface area (Å²) in [6.07, 6.45) is 88.5. The van der Waals surface area contributed by atoms with Crippen molar-refractivity contribution in [3.63, 3.8) is 0 Å². The summed E-state index contributed by atoms with van der Waals surface area (Å²) in [6.45, 7) is 6.47. The second kappa shape index (κ2) is 64.6. The number of esters is 3. The molecule has 1 unspecified atom stereocenters. The molecule has 0 saturated heterocycles. The van der Waals surface area contributed by atoms with Gasteiger partial charge in [0.05, 0.1) is 0 Å². The van der Waals surface area contributed by atoms with Gasteiger partial charge in [0.25, 0.3) is 0 Å². The zero-order valence-electron chi connectivity index (χ0n) is 50.4. The molecule has 0 spiro atoms. The molecule has 440 valence electrons. The van der Waals surface area contributed by atoms with E-state index in [2.05, 4.69) is 130 Å². The summed E-state index contributed by atoms with van der Waals surface area (Å²) < 4.78 is 16.8. The van der Waals surface area contributed by atoms with E-state index < -0.39 is 6.10 Å². The van der Waals surface area contributed by atoms with Gasteiger partial charge in [-0.3, -0.25) is 14.4 Å². The number of ether oxygens (including phenoxy) is 3. The van der Waals surface area contributed by atoms with Gasteiger partial charge >= 0.3 is 17.9 Å². The first-order valence-corrected chi connectivity index (χ1v) is 32.4. The van der Waals surface area contributed by atoms with Crippen molar-refractivity contribution in [1.82, 2.24) is 0 Å². The van der Waals surface area contributed by atoms with Crippen LogP contribution in [0.3, 0.4) is 0 Å². The first kappa shape index (κ1) is 73.1. The standard InChI is InChI=1S/C71H120O6/c1-4-7-10-13-16-18-20-22-24-26-28-30-31-32-33-34-35-36-37-38-39-40-41-42-44-45-47-49-51-53-55-58-61-64-70(73)76-67-68(66-75-69(72)63-60-57-15-12-9-6-3)77-71(74)65-62-59-56-54-52-50-48-46-43-29-27-25-23-21-19-17-14-11-8-5-2/h7,10,16,18,22,24,28,30,32-33,35-36,38-39,41-42,45,47,68H,4-6,8-9,11-15,17,19-21,23,25-27,29,31,34,37,40,43-44,46,48-67H2,1-3H3/b10-7-,18-16-,24-22-,30-28-,33-32-,36-35-,39-38-,42-41-,47-45-. The monoisotopic (exact) mass is 1070 g/mol. The Bertz CT molecular complexity index is 1560. The van der Waals surface area contributed by atoms with Gasteiger partial charge in [-0.1, -0.05) is 304 Å². The van der Waals surface area contributed by atoms with Crippen LogP contribution < -0.4 is 0 Å². The average molecular weight is 1070 g/mol. The lowest BCUT2D eigenvalue weighted by atomic mass is 10.0. The Kier molecular flexibility index (Phi) is 61.3. The predicted octanol–water partition coefficient (Wildman–Crippen LogP) is 22.2. The molecule has 1 atom stereocenters. The van der Waals surface area contributed by atoms with Gasteiger partial charge in [-0.25, -0.2) is 0 Å². The van der Waals surface area contributed by atoms with Crippen molar-refractivity contribution in [2.24, 2.45) is 0 Å². The van der Waals surface area contributed by atoms with E-state index in [1.165, 1.54) is 128 Å². The minimum atomic E-state index is -0.782. The highest BCUT2D eigenvalue weighted by Gasteiger charge is 2.19. The summed E-state index contributed by atoms with van der Waals surface area (Å²) in [5.41, 5.74) is 0. The summed E-state index contributed by atoms with van der Waals surface area (Å²) in [5.74, 6) is -0.903. The van der Waals surface area contributed by atoms with Gasteiger partial charge in [0.15, 0.2) is 6.10 Å². The fourth-order valence-electron chi connectivity index (χ4n) is 8.97. The van der Waals surface area contributed by atoms with E-state index in [9.17, 15) is 14.4 Å². The largest absolute Gasteiger partial charge is 0.462 e. The smallest absolute Gasteiger partial charge is 0.306 e. The van der Waals surface area contributed by atoms with E-state index in [-0.39, 0.29) is 31.1 Å². The highest BCUT2D eigenvalue weighted by Crippen LogP contribution is 2.17. The number of hydrogen-bond acceptors (Lipinski definition) is 6. The Balaban J connectivity index is 4.14. The van der Waals surface area contributed by atoms with Crippen molar-refractivity contribution in [2.75, 3.05) is 13.2 Å². The van der Waals surface area contributed by atoms with Gasteiger partial charge in [-0.2, -0.15) is 0 Å². The molecule has 6 nitrogen and oxygen atoms in total. The molecular formula is C71H120O6. The summed E-state index contributed by atoms with van der Waals surface area (Å²) in [5, 5.41) is 0. The molecule has 0 heterocycles. The maximum Gasteiger partial charge on any atom is 0.306 e. The summed E-state index contributed by atoms with van der Waals surface area (Å²) in [7, 11) is 0. The van der Waals surface area contributed by atoms with E-state index in [1.54, 1.807) is 0 Å². The van der Waals surface area contributed by atoms with Crippen LogP contribution in [0.5, 0.6) is 0 Å². The Morgan fingerprint density at radius 1 is 0.273 bits per heavy atom. The first-order valence-electron chi connectivity index (χ1n) is 32.4. The number of unbranched alkanes of at least 4 members (excludes halogenated alkanes) is 29. The molecule has 0 aromatic rings. The summed E-state index contributed by atoms with van der Waals surface area (Å²) in [4.78, 5) is 38.0. The average Bonchev–Trinajstić information content (AvgIpc) is 3.43. The fourth-order valence-corrected chi connectivity index (χ4v) is 8.97. The van der Waals surface area contributed by atoms with Crippen molar-refractivity contribution in [1.29, 1.82) is 0 Å². The number of carbonyl (C=O) groups is 3. The second-order valence-electron chi connectivity index (χ2n) is 21.3. The molecule has 0 saturated carbocycles. The molecule has 0 N–H and O–H groups in total. The van der Waals surface area contributed by atoms with Crippen LogP contribution in [0.4, 0.5) is 0 Å². The van der Waals surface area contributed by atoms with Gasteiger partial charge < -0.3 is 14.2 Å². The van der Waals surface area contributed by atoms with Crippen molar-refractivity contribution in [3.05, 3.63) is 109 Å². The minimum Gasteiger partial charge on any atom is -0.462 e. The van der Waals surface area contributed by atoms with Crippen LogP contribution >= 0.6 is 0 Å². The van der Waals surface area contributed by atoms with Crippen molar-refractivity contribution >= 4 is 17.9 Å². The van der Waals surface area contributed by atoms with Crippen LogP contribution in [0.1, 0.15) is 303 Å². The minimum absolute atomic E-state index is 0.0820. The normalized spacial score (nSPS) is 12.8. The fraction of sp³-hybridized carbons (Fsp3) is 0.704. The van der Waals surface area contributed by atoms with Gasteiger partial charge in [-0.15, -0.1) is 0 Å². The van der Waals surface area contributed by atoms with Gasteiger partial charge in [0, 0.05) is 19.3 Å². The second-order valence-corrected chi connectivity index (χ2v) is 21.3. The molecule has 0 radical (unpaired) electrons. The van der Waals surface area contributed by atoms with E-state index in [4.69, 9.17) is 14.2 Å². The van der Waals surface area contributed by atoms with Crippen LogP contribution in [0, 0.1) is 0 Å². The van der Waals surface area contributed by atoms with Crippen LogP contribution in [0.15, 0.2) is 109 Å². The van der Waals surface area contributed by atoms with Crippen LogP contribution in [-0.4, -0.2) is 37.2 Å². The third-order valence-electron chi connectivity index (χ3n) is 13.8. The lowest BCUT2D eigenvalue weighted by Crippen LogP contribution is -2.30. The number of allylic oxidation sites excluding steroid dienone is 18.